The minimum absolute atomic E-state index is 0.0164. The smallest absolute Gasteiger partial charge is 0.234 e. The number of anilines is 1. The molecular formula is C19H26FN3O3S. The Morgan fingerprint density at radius 3 is 2.37 bits per heavy atom. The third kappa shape index (κ3) is 7.21. The molecule has 0 bridgehead atoms. The van der Waals surface area contributed by atoms with Crippen molar-refractivity contribution in [2.75, 3.05) is 29.9 Å². The highest BCUT2D eigenvalue weighted by molar-refractivity contribution is 8.00. The molecule has 1 aromatic rings. The van der Waals surface area contributed by atoms with Crippen LogP contribution in [0.4, 0.5) is 10.1 Å². The zero-order chi connectivity index (χ0) is 19.8. The molecule has 0 atom stereocenters. The van der Waals surface area contributed by atoms with Gasteiger partial charge in [-0.2, -0.15) is 0 Å². The van der Waals surface area contributed by atoms with E-state index in [-0.39, 0.29) is 47.0 Å². The fourth-order valence-electron chi connectivity index (χ4n) is 2.85. The summed E-state index contributed by atoms with van der Waals surface area (Å²) in [6.45, 7) is 4.99. The van der Waals surface area contributed by atoms with Gasteiger partial charge in [-0.3, -0.25) is 14.4 Å². The molecule has 0 aromatic heterocycles. The Hall–Kier alpha value is -2.09. The molecule has 1 heterocycles. The van der Waals surface area contributed by atoms with Crippen LogP contribution in [0.2, 0.25) is 0 Å². The molecule has 8 heteroatoms. The molecule has 2 rings (SSSR count). The Kier molecular flexibility index (Phi) is 8.09. The van der Waals surface area contributed by atoms with Gasteiger partial charge in [-0.15, -0.1) is 11.8 Å². The first-order valence-electron chi connectivity index (χ1n) is 9.06. The molecule has 1 aliphatic rings. The van der Waals surface area contributed by atoms with Gasteiger partial charge < -0.3 is 15.5 Å². The molecule has 27 heavy (non-hydrogen) atoms. The van der Waals surface area contributed by atoms with Crippen molar-refractivity contribution in [2.24, 2.45) is 5.92 Å². The lowest BCUT2D eigenvalue weighted by atomic mass is 9.95. The Balaban J connectivity index is 1.65. The van der Waals surface area contributed by atoms with E-state index >= 15 is 0 Å². The predicted molar refractivity (Wildman–Crippen MR) is 105 cm³/mol. The molecule has 0 unspecified atom stereocenters. The van der Waals surface area contributed by atoms with E-state index in [2.05, 4.69) is 10.6 Å². The van der Waals surface area contributed by atoms with Crippen LogP contribution in [-0.2, 0) is 14.4 Å². The molecule has 0 saturated carbocycles. The zero-order valence-electron chi connectivity index (χ0n) is 15.7. The molecule has 6 nitrogen and oxygen atoms in total. The number of hydrogen-bond donors (Lipinski definition) is 2. The van der Waals surface area contributed by atoms with E-state index < -0.39 is 0 Å². The molecule has 3 amide bonds. The minimum Gasteiger partial charge on any atom is -0.354 e. The second-order valence-electron chi connectivity index (χ2n) is 6.87. The SMILES string of the molecule is CC(C)NC(=O)C1CCN(C(=O)CSCC(=O)Nc2ccc(F)cc2)CC1. The third-order valence-corrected chi connectivity index (χ3v) is 5.15. The van der Waals surface area contributed by atoms with Crippen molar-refractivity contribution in [1.29, 1.82) is 0 Å². The minimum atomic E-state index is -0.363. The van der Waals surface area contributed by atoms with Gasteiger partial charge in [0.15, 0.2) is 0 Å². The molecule has 0 radical (unpaired) electrons. The van der Waals surface area contributed by atoms with Crippen LogP contribution >= 0.6 is 11.8 Å². The number of piperidine rings is 1. The van der Waals surface area contributed by atoms with E-state index in [9.17, 15) is 18.8 Å². The topological polar surface area (TPSA) is 78.5 Å². The van der Waals surface area contributed by atoms with Crippen molar-refractivity contribution >= 4 is 35.2 Å². The number of likely N-dealkylation sites (tertiary alicyclic amines) is 1. The van der Waals surface area contributed by atoms with Crippen molar-refractivity contribution in [3.63, 3.8) is 0 Å². The summed E-state index contributed by atoms with van der Waals surface area (Å²) < 4.78 is 12.8. The van der Waals surface area contributed by atoms with Gasteiger partial charge in [-0.25, -0.2) is 4.39 Å². The monoisotopic (exact) mass is 395 g/mol. The maximum Gasteiger partial charge on any atom is 0.234 e. The number of nitrogens with zero attached hydrogens (tertiary/aromatic N) is 1. The van der Waals surface area contributed by atoms with Gasteiger partial charge in [0, 0.05) is 30.7 Å². The van der Waals surface area contributed by atoms with Crippen molar-refractivity contribution < 1.29 is 18.8 Å². The van der Waals surface area contributed by atoms with Crippen LogP contribution in [0.3, 0.4) is 0 Å². The van der Waals surface area contributed by atoms with Crippen molar-refractivity contribution in [3.05, 3.63) is 30.1 Å². The number of rotatable bonds is 7. The van der Waals surface area contributed by atoms with Crippen LogP contribution in [0.25, 0.3) is 0 Å². The average molecular weight is 396 g/mol. The first-order valence-corrected chi connectivity index (χ1v) is 10.2. The normalized spacial score (nSPS) is 14.9. The number of nitrogens with one attached hydrogen (secondary N) is 2. The zero-order valence-corrected chi connectivity index (χ0v) is 16.5. The number of hydrogen-bond acceptors (Lipinski definition) is 4. The number of carbonyl (C=O) groups is 3. The molecule has 148 valence electrons. The third-order valence-electron chi connectivity index (χ3n) is 4.24. The molecule has 0 aliphatic carbocycles. The van der Waals surface area contributed by atoms with Crippen LogP contribution < -0.4 is 10.6 Å². The molecule has 1 fully saturated rings. The molecule has 1 aromatic carbocycles. The summed E-state index contributed by atoms with van der Waals surface area (Å²) in [5.74, 6) is -0.218. The van der Waals surface area contributed by atoms with Gasteiger partial charge in [0.1, 0.15) is 5.82 Å². The molecule has 1 aliphatic heterocycles. The molecule has 2 N–H and O–H groups in total. The lowest BCUT2D eigenvalue weighted by molar-refractivity contribution is -0.133. The van der Waals surface area contributed by atoms with E-state index in [4.69, 9.17) is 0 Å². The van der Waals surface area contributed by atoms with Gasteiger partial charge in [-0.05, 0) is 51.0 Å². The summed E-state index contributed by atoms with van der Waals surface area (Å²) in [6, 6.07) is 5.65. The van der Waals surface area contributed by atoms with Gasteiger partial charge in [-0.1, -0.05) is 0 Å². The summed E-state index contributed by atoms with van der Waals surface area (Å²) in [5.41, 5.74) is 0.523. The standard InChI is InChI=1S/C19H26FN3O3S/c1-13(2)21-19(26)14-7-9-23(10-8-14)18(25)12-27-11-17(24)22-16-5-3-15(20)4-6-16/h3-6,13-14H,7-12H2,1-2H3,(H,21,26)(H,22,24). The Morgan fingerprint density at radius 1 is 1.15 bits per heavy atom. The van der Waals surface area contributed by atoms with Crippen molar-refractivity contribution in [2.45, 2.75) is 32.7 Å². The first kappa shape index (κ1) is 21.2. The van der Waals surface area contributed by atoms with Crippen LogP contribution in [0, 0.1) is 11.7 Å². The number of carbonyl (C=O) groups excluding carboxylic acids is 3. The quantitative estimate of drug-likeness (QED) is 0.742. The predicted octanol–water partition coefficient (Wildman–Crippen LogP) is 2.26. The van der Waals surface area contributed by atoms with Crippen LogP contribution in [0.1, 0.15) is 26.7 Å². The summed E-state index contributed by atoms with van der Waals surface area (Å²) in [7, 11) is 0. The molecule has 1 saturated heterocycles. The second kappa shape index (κ2) is 10.3. The molecule has 0 spiro atoms. The van der Waals surface area contributed by atoms with E-state index in [0.29, 0.717) is 31.6 Å². The Bertz CT molecular complexity index is 659. The fourth-order valence-corrected chi connectivity index (χ4v) is 3.56. The fraction of sp³-hybridized carbons (Fsp3) is 0.526. The number of amides is 3. The highest BCUT2D eigenvalue weighted by Crippen LogP contribution is 2.18. The van der Waals surface area contributed by atoms with Crippen LogP contribution in [0.5, 0.6) is 0 Å². The van der Waals surface area contributed by atoms with Crippen molar-refractivity contribution in [1.82, 2.24) is 10.2 Å². The van der Waals surface area contributed by atoms with Crippen LogP contribution in [0.15, 0.2) is 24.3 Å². The summed E-state index contributed by atoms with van der Waals surface area (Å²) in [6.07, 6.45) is 1.33. The average Bonchev–Trinajstić information content (AvgIpc) is 2.63. The second-order valence-corrected chi connectivity index (χ2v) is 7.85. The number of thioether (sulfide) groups is 1. The summed E-state index contributed by atoms with van der Waals surface area (Å²) in [5, 5.41) is 5.57. The van der Waals surface area contributed by atoms with E-state index in [0.717, 1.165) is 0 Å². The number of halogens is 1. The molecular weight excluding hydrogens is 369 g/mol. The van der Waals surface area contributed by atoms with E-state index in [1.165, 1.54) is 36.0 Å². The lowest BCUT2D eigenvalue weighted by Crippen LogP contribution is -2.44. The Labute approximate surface area is 163 Å². The summed E-state index contributed by atoms with van der Waals surface area (Å²) >= 11 is 1.24. The van der Waals surface area contributed by atoms with Crippen molar-refractivity contribution in [3.8, 4) is 0 Å². The van der Waals surface area contributed by atoms with E-state index in [1.807, 2.05) is 13.8 Å². The summed E-state index contributed by atoms with van der Waals surface area (Å²) in [4.78, 5) is 37.9. The van der Waals surface area contributed by atoms with Gasteiger partial charge >= 0.3 is 0 Å². The maximum absolute atomic E-state index is 12.8. The maximum atomic E-state index is 12.8. The first-order chi connectivity index (χ1) is 12.8. The van der Waals surface area contributed by atoms with Gasteiger partial charge in [0.2, 0.25) is 17.7 Å². The number of benzene rings is 1. The highest BCUT2D eigenvalue weighted by atomic mass is 32.2. The lowest BCUT2D eigenvalue weighted by Gasteiger charge is -2.31. The van der Waals surface area contributed by atoms with E-state index in [1.54, 1.807) is 4.90 Å². The van der Waals surface area contributed by atoms with Gasteiger partial charge in [0.25, 0.3) is 0 Å². The largest absolute Gasteiger partial charge is 0.354 e. The highest BCUT2D eigenvalue weighted by Gasteiger charge is 2.27. The van der Waals surface area contributed by atoms with Gasteiger partial charge in [0.05, 0.1) is 11.5 Å². The Morgan fingerprint density at radius 2 is 1.78 bits per heavy atom. The van der Waals surface area contributed by atoms with Crippen LogP contribution in [-0.4, -0.2) is 53.3 Å².